The number of halogens is 4. The standard InChI is InChI=1S/C22H16F4N2O4/c1-31-19-5-3-11(23)7-13(19)21(29)27-17-10-18(16(26)9-15(17)25)28-22(30)14-8-12(24)4-6-20(14)32-2/h3-10H,1-2H3,(H,27,29)(H,28,30). The van der Waals surface area contributed by atoms with Crippen molar-refractivity contribution in [3.05, 3.63) is 82.9 Å². The van der Waals surface area contributed by atoms with Crippen molar-refractivity contribution in [3.63, 3.8) is 0 Å². The molecule has 0 radical (unpaired) electrons. The summed E-state index contributed by atoms with van der Waals surface area (Å²) in [4.78, 5) is 25.0. The molecule has 0 aliphatic carbocycles. The fourth-order valence-electron chi connectivity index (χ4n) is 2.84. The molecule has 0 saturated carbocycles. The van der Waals surface area contributed by atoms with E-state index in [0.717, 1.165) is 30.3 Å². The van der Waals surface area contributed by atoms with Crippen LogP contribution in [0.3, 0.4) is 0 Å². The topological polar surface area (TPSA) is 76.7 Å². The first-order valence-corrected chi connectivity index (χ1v) is 9.02. The van der Waals surface area contributed by atoms with E-state index in [4.69, 9.17) is 9.47 Å². The summed E-state index contributed by atoms with van der Waals surface area (Å²) in [5.41, 5.74) is -1.45. The molecular weight excluding hydrogens is 432 g/mol. The number of ether oxygens (including phenoxy) is 2. The van der Waals surface area contributed by atoms with E-state index in [1.807, 2.05) is 0 Å². The largest absolute Gasteiger partial charge is 0.496 e. The second-order valence-electron chi connectivity index (χ2n) is 6.41. The van der Waals surface area contributed by atoms with Crippen molar-refractivity contribution in [1.82, 2.24) is 0 Å². The molecule has 3 aromatic carbocycles. The molecule has 6 nitrogen and oxygen atoms in total. The van der Waals surface area contributed by atoms with E-state index in [0.29, 0.717) is 6.07 Å². The normalized spacial score (nSPS) is 10.4. The molecule has 0 bridgehead atoms. The van der Waals surface area contributed by atoms with Gasteiger partial charge in [-0.15, -0.1) is 0 Å². The number of rotatable bonds is 6. The number of methoxy groups -OCH3 is 2. The summed E-state index contributed by atoms with van der Waals surface area (Å²) >= 11 is 0. The van der Waals surface area contributed by atoms with Gasteiger partial charge >= 0.3 is 0 Å². The third-order valence-corrected chi connectivity index (χ3v) is 4.37. The van der Waals surface area contributed by atoms with Gasteiger partial charge in [-0.25, -0.2) is 17.6 Å². The highest BCUT2D eigenvalue weighted by molar-refractivity contribution is 6.08. The molecule has 2 N–H and O–H groups in total. The quantitative estimate of drug-likeness (QED) is 0.533. The smallest absolute Gasteiger partial charge is 0.259 e. The Morgan fingerprint density at radius 1 is 0.656 bits per heavy atom. The Morgan fingerprint density at radius 3 is 1.44 bits per heavy atom. The Labute approximate surface area is 179 Å². The lowest BCUT2D eigenvalue weighted by Crippen LogP contribution is -2.17. The van der Waals surface area contributed by atoms with Crippen molar-refractivity contribution in [2.45, 2.75) is 0 Å². The summed E-state index contributed by atoms with van der Waals surface area (Å²) < 4.78 is 65.5. The van der Waals surface area contributed by atoms with Crippen LogP contribution >= 0.6 is 0 Å². The zero-order valence-corrected chi connectivity index (χ0v) is 16.8. The summed E-state index contributed by atoms with van der Waals surface area (Å²) in [5, 5.41) is 4.35. The number of carbonyl (C=O) groups is 2. The summed E-state index contributed by atoms with van der Waals surface area (Å²) in [7, 11) is 2.52. The predicted octanol–water partition coefficient (Wildman–Crippen LogP) is 4.76. The van der Waals surface area contributed by atoms with E-state index in [2.05, 4.69) is 10.6 Å². The number of hydrogen-bond acceptors (Lipinski definition) is 4. The van der Waals surface area contributed by atoms with E-state index < -0.39 is 46.5 Å². The zero-order valence-electron chi connectivity index (χ0n) is 16.8. The average molecular weight is 448 g/mol. The zero-order chi connectivity index (χ0) is 23.4. The minimum atomic E-state index is -1.15. The first-order chi connectivity index (χ1) is 15.2. The van der Waals surface area contributed by atoms with Crippen LogP contribution in [0, 0.1) is 23.3 Å². The Hall–Kier alpha value is -4.08. The lowest BCUT2D eigenvalue weighted by molar-refractivity contribution is 0.101. The molecule has 0 aromatic heterocycles. The molecule has 0 aliphatic heterocycles. The summed E-state index contributed by atoms with van der Waals surface area (Å²) in [6, 6.07) is 7.61. The minimum Gasteiger partial charge on any atom is -0.496 e. The van der Waals surface area contributed by atoms with Crippen LogP contribution in [-0.2, 0) is 0 Å². The van der Waals surface area contributed by atoms with Gasteiger partial charge in [0.2, 0.25) is 0 Å². The van der Waals surface area contributed by atoms with Gasteiger partial charge in [-0.3, -0.25) is 9.59 Å². The van der Waals surface area contributed by atoms with Gasteiger partial charge < -0.3 is 20.1 Å². The number of anilines is 2. The van der Waals surface area contributed by atoms with E-state index in [1.54, 1.807) is 0 Å². The van der Waals surface area contributed by atoms with Crippen LogP contribution in [0.25, 0.3) is 0 Å². The summed E-state index contributed by atoms with van der Waals surface area (Å²) in [6.45, 7) is 0. The maximum Gasteiger partial charge on any atom is 0.259 e. The molecule has 0 atom stereocenters. The average Bonchev–Trinajstić information content (AvgIpc) is 2.76. The van der Waals surface area contributed by atoms with Gasteiger partial charge in [0.25, 0.3) is 11.8 Å². The maximum atomic E-state index is 14.3. The second kappa shape index (κ2) is 9.38. The molecule has 3 rings (SSSR count). The van der Waals surface area contributed by atoms with Crippen molar-refractivity contribution in [2.75, 3.05) is 24.9 Å². The van der Waals surface area contributed by atoms with E-state index in [9.17, 15) is 27.2 Å². The van der Waals surface area contributed by atoms with Gasteiger partial charge in [0.15, 0.2) is 0 Å². The van der Waals surface area contributed by atoms with Crippen molar-refractivity contribution in [2.24, 2.45) is 0 Å². The van der Waals surface area contributed by atoms with Crippen molar-refractivity contribution in [1.29, 1.82) is 0 Å². The summed E-state index contributed by atoms with van der Waals surface area (Å²) in [6.07, 6.45) is 0. The second-order valence-corrected chi connectivity index (χ2v) is 6.41. The lowest BCUT2D eigenvalue weighted by atomic mass is 10.1. The van der Waals surface area contributed by atoms with E-state index in [-0.39, 0.29) is 22.6 Å². The number of carbonyl (C=O) groups excluding carboxylic acids is 2. The molecule has 0 fully saturated rings. The SMILES string of the molecule is COc1ccc(F)cc1C(=O)Nc1cc(NC(=O)c2cc(F)ccc2OC)c(F)cc1F. The van der Waals surface area contributed by atoms with Crippen LogP contribution in [0.1, 0.15) is 20.7 Å². The van der Waals surface area contributed by atoms with Crippen LogP contribution in [-0.4, -0.2) is 26.0 Å². The van der Waals surface area contributed by atoms with Crippen LogP contribution < -0.4 is 20.1 Å². The third kappa shape index (κ3) is 4.80. The van der Waals surface area contributed by atoms with Gasteiger partial charge in [-0.2, -0.15) is 0 Å². The summed E-state index contributed by atoms with van der Waals surface area (Å²) in [5.74, 6) is -5.57. The van der Waals surface area contributed by atoms with E-state index in [1.165, 1.54) is 26.4 Å². The number of hydrogen-bond donors (Lipinski definition) is 2. The van der Waals surface area contributed by atoms with Crippen molar-refractivity contribution < 1.29 is 36.6 Å². The Balaban J connectivity index is 1.90. The number of benzene rings is 3. The van der Waals surface area contributed by atoms with Crippen molar-refractivity contribution >= 4 is 23.2 Å². The molecule has 3 aromatic rings. The van der Waals surface area contributed by atoms with Gasteiger partial charge in [0, 0.05) is 6.07 Å². The van der Waals surface area contributed by atoms with Crippen LogP contribution in [0.4, 0.5) is 28.9 Å². The molecular formula is C22H16F4N2O4. The van der Waals surface area contributed by atoms with Crippen LogP contribution in [0.15, 0.2) is 48.5 Å². The molecule has 2 amide bonds. The van der Waals surface area contributed by atoms with Crippen LogP contribution in [0.2, 0.25) is 0 Å². The molecule has 0 unspecified atom stereocenters. The highest BCUT2D eigenvalue weighted by Crippen LogP contribution is 2.27. The predicted molar refractivity (Wildman–Crippen MR) is 108 cm³/mol. The number of nitrogens with one attached hydrogen (secondary N) is 2. The Morgan fingerprint density at radius 2 is 1.06 bits per heavy atom. The molecule has 0 heterocycles. The fraction of sp³-hybridized carbons (Fsp3) is 0.0909. The molecule has 166 valence electrons. The van der Waals surface area contributed by atoms with Gasteiger partial charge in [0.05, 0.1) is 36.7 Å². The molecule has 32 heavy (non-hydrogen) atoms. The fourth-order valence-corrected chi connectivity index (χ4v) is 2.84. The highest BCUT2D eigenvalue weighted by atomic mass is 19.1. The van der Waals surface area contributed by atoms with Crippen LogP contribution in [0.5, 0.6) is 11.5 Å². The monoisotopic (exact) mass is 448 g/mol. The Kier molecular flexibility index (Phi) is 6.62. The van der Waals surface area contributed by atoms with Gasteiger partial charge in [0.1, 0.15) is 34.8 Å². The third-order valence-electron chi connectivity index (χ3n) is 4.37. The first kappa shape index (κ1) is 22.6. The lowest BCUT2D eigenvalue weighted by Gasteiger charge is -2.13. The number of amides is 2. The molecule has 0 aliphatic rings. The Bertz CT molecular complexity index is 1110. The maximum absolute atomic E-state index is 14.3. The molecule has 0 saturated heterocycles. The van der Waals surface area contributed by atoms with Gasteiger partial charge in [-0.1, -0.05) is 0 Å². The van der Waals surface area contributed by atoms with Crippen molar-refractivity contribution in [3.8, 4) is 11.5 Å². The molecule has 10 heteroatoms. The van der Waals surface area contributed by atoms with E-state index >= 15 is 0 Å². The first-order valence-electron chi connectivity index (χ1n) is 9.02. The molecule has 0 spiro atoms. The minimum absolute atomic E-state index is 0.0261. The van der Waals surface area contributed by atoms with Gasteiger partial charge in [-0.05, 0) is 42.5 Å². The highest BCUT2D eigenvalue weighted by Gasteiger charge is 2.20.